The molecule has 2 amide bonds. The summed E-state index contributed by atoms with van der Waals surface area (Å²) in [4.78, 5) is 35.0. The number of carbonyl (C=O) groups is 2. The molecule has 1 aromatic carbocycles. The molecule has 2 heterocycles. The molecule has 2 aromatic rings. The molecule has 4 rings (SSSR count). The van der Waals surface area contributed by atoms with Gasteiger partial charge in [-0.1, -0.05) is 18.2 Å². The van der Waals surface area contributed by atoms with Gasteiger partial charge < -0.3 is 9.80 Å². The Balaban J connectivity index is 1.39. The maximum atomic E-state index is 13.1. The highest BCUT2D eigenvalue weighted by atomic mass is 32.2. The summed E-state index contributed by atoms with van der Waals surface area (Å²) in [6.45, 7) is 3.82. The first-order valence-electron chi connectivity index (χ1n) is 9.73. The molecule has 1 saturated carbocycles. The number of benzene rings is 1. The fraction of sp³-hybridized carbons (Fsp3) is 0.409. The van der Waals surface area contributed by atoms with Gasteiger partial charge in [-0.2, -0.15) is 0 Å². The number of rotatable bonds is 4. The van der Waals surface area contributed by atoms with Crippen LogP contribution in [0.1, 0.15) is 35.2 Å². The lowest BCUT2D eigenvalue weighted by Crippen LogP contribution is -2.55. The Morgan fingerprint density at radius 3 is 2.68 bits per heavy atom. The maximum Gasteiger partial charge on any atom is 0.255 e. The van der Waals surface area contributed by atoms with Crippen LogP contribution in [0.2, 0.25) is 0 Å². The first-order chi connectivity index (χ1) is 13.6. The molecule has 5 nitrogen and oxygen atoms in total. The van der Waals surface area contributed by atoms with E-state index in [-0.39, 0.29) is 23.8 Å². The summed E-state index contributed by atoms with van der Waals surface area (Å²) in [7, 11) is 0. The van der Waals surface area contributed by atoms with Gasteiger partial charge in [-0.05, 0) is 49.3 Å². The fourth-order valence-corrected chi connectivity index (χ4v) is 4.69. The van der Waals surface area contributed by atoms with Gasteiger partial charge in [0.25, 0.3) is 5.91 Å². The third-order valence-corrected chi connectivity index (χ3v) is 6.55. The molecule has 2 aliphatic rings. The van der Waals surface area contributed by atoms with E-state index in [1.807, 2.05) is 65.6 Å². The normalized spacial score (nSPS) is 24.1. The summed E-state index contributed by atoms with van der Waals surface area (Å²) in [5.41, 5.74) is 1.90. The largest absolute Gasteiger partial charge is 0.339 e. The Labute approximate surface area is 170 Å². The van der Waals surface area contributed by atoms with Crippen LogP contribution in [0.4, 0.5) is 0 Å². The molecular formula is C22H25N3O2S. The first-order valence-corrected chi connectivity index (χ1v) is 11.0. The predicted molar refractivity (Wildman–Crippen MR) is 110 cm³/mol. The maximum absolute atomic E-state index is 13.1. The zero-order valence-corrected chi connectivity index (χ0v) is 17.1. The monoisotopic (exact) mass is 395 g/mol. The minimum Gasteiger partial charge on any atom is -0.339 e. The van der Waals surface area contributed by atoms with E-state index in [2.05, 4.69) is 4.98 Å². The Kier molecular flexibility index (Phi) is 5.40. The number of hydrogen-bond acceptors (Lipinski definition) is 4. The molecule has 1 aromatic heterocycles. The van der Waals surface area contributed by atoms with Crippen LogP contribution in [0.25, 0.3) is 0 Å². The highest BCUT2D eigenvalue weighted by Crippen LogP contribution is 2.48. The van der Waals surface area contributed by atoms with Crippen molar-refractivity contribution >= 4 is 23.6 Å². The minimum absolute atomic E-state index is 0.00991. The average molecular weight is 396 g/mol. The smallest absolute Gasteiger partial charge is 0.255 e. The summed E-state index contributed by atoms with van der Waals surface area (Å²) < 4.78 is 0. The number of aromatic nitrogens is 1. The van der Waals surface area contributed by atoms with Crippen molar-refractivity contribution in [1.82, 2.24) is 14.8 Å². The standard InChI is InChI=1S/C22H25N3O2S/c1-15-14-24(21(26)19-12-18(19)16-6-5-9-23-13-16)10-11-25(15)22(27)17-7-3-4-8-20(17)28-2/h3-9,13,15,18-19H,10-12,14H2,1-2H3/t15-,18+,19-/m1/s1. The van der Waals surface area contributed by atoms with E-state index < -0.39 is 0 Å². The molecule has 1 aliphatic carbocycles. The molecule has 1 saturated heterocycles. The van der Waals surface area contributed by atoms with Crippen molar-refractivity contribution in [3.63, 3.8) is 0 Å². The molecule has 146 valence electrons. The van der Waals surface area contributed by atoms with Gasteiger partial charge in [-0.15, -0.1) is 11.8 Å². The number of nitrogens with zero attached hydrogens (tertiary/aromatic N) is 3. The lowest BCUT2D eigenvalue weighted by molar-refractivity contribution is -0.135. The Bertz CT molecular complexity index is 873. The topological polar surface area (TPSA) is 53.5 Å². The van der Waals surface area contributed by atoms with Gasteiger partial charge in [0.05, 0.1) is 5.56 Å². The van der Waals surface area contributed by atoms with Crippen LogP contribution in [-0.4, -0.2) is 58.5 Å². The van der Waals surface area contributed by atoms with Crippen LogP contribution < -0.4 is 0 Å². The van der Waals surface area contributed by atoms with Gasteiger partial charge >= 0.3 is 0 Å². The molecule has 0 radical (unpaired) electrons. The zero-order chi connectivity index (χ0) is 19.7. The van der Waals surface area contributed by atoms with Crippen molar-refractivity contribution in [1.29, 1.82) is 0 Å². The fourth-order valence-electron chi connectivity index (χ4n) is 4.10. The molecule has 3 atom stereocenters. The summed E-state index contributed by atoms with van der Waals surface area (Å²) in [6, 6.07) is 11.7. The van der Waals surface area contributed by atoms with Crippen LogP contribution in [0.15, 0.2) is 53.7 Å². The van der Waals surface area contributed by atoms with Gasteiger partial charge in [0.2, 0.25) is 5.91 Å². The molecule has 1 aliphatic heterocycles. The zero-order valence-electron chi connectivity index (χ0n) is 16.2. The minimum atomic E-state index is 0.00991. The van der Waals surface area contributed by atoms with Crippen LogP contribution in [-0.2, 0) is 4.79 Å². The van der Waals surface area contributed by atoms with Crippen molar-refractivity contribution in [3.05, 3.63) is 59.9 Å². The van der Waals surface area contributed by atoms with Gasteiger partial charge in [-0.3, -0.25) is 14.6 Å². The summed E-state index contributed by atoms with van der Waals surface area (Å²) in [6.07, 6.45) is 6.51. The van der Waals surface area contributed by atoms with Crippen molar-refractivity contribution in [2.24, 2.45) is 5.92 Å². The van der Waals surface area contributed by atoms with Gasteiger partial charge in [0, 0.05) is 48.9 Å². The van der Waals surface area contributed by atoms with E-state index in [0.717, 1.165) is 22.4 Å². The molecule has 6 heteroatoms. The van der Waals surface area contributed by atoms with Gasteiger partial charge in [0.15, 0.2) is 0 Å². The van der Waals surface area contributed by atoms with Crippen LogP contribution >= 0.6 is 11.8 Å². The second-order valence-electron chi connectivity index (χ2n) is 7.57. The second-order valence-corrected chi connectivity index (χ2v) is 8.42. The summed E-state index contributed by atoms with van der Waals surface area (Å²) in [5, 5.41) is 0. The SMILES string of the molecule is CSc1ccccc1C(=O)N1CCN(C(=O)[C@@H]2C[C@H]2c2cccnc2)C[C@H]1C. The quantitative estimate of drug-likeness (QED) is 0.746. The number of pyridine rings is 1. The first kappa shape index (κ1) is 19.0. The molecule has 2 fully saturated rings. The van der Waals surface area contributed by atoms with Crippen molar-refractivity contribution in [3.8, 4) is 0 Å². The Morgan fingerprint density at radius 2 is 1.96 bits per heavy atom. The molecule has 0 N–H and O–H groups in total. The van der Waals surface area contributed by atoms with Gasteiger partial charge in [0.1, 0.15) is 0 Å². The highest BCUT2D eigenvalue weighted by Gasteiger charge is 2.47. The highest BCUT2D eigenvalue weighted by molar-refractivity contribution is 7.98. The molecule has 0 spiro atoms. The number of hydrogen-bond donors (Lipinski definition) is 0. The lowest BCUT2D eigenvalue weighted by atomic mass is 10.1. The molecule has 0 bridgehead atoms. The van der Waals surface area contributed by atoms with Crippen molar-refractivity contribution in [2.75, 3.05) is 25.9 Å². The third kappa shape index (κ3) is 3.65. The molecule has 0 unspecified atom stereocenters. The Hall–Kier alpha value is -2.34. The van der Waals surface area contributed by atoms with E-state index in [9.17, 15) is 9.59 Å². The van der Waals surface area contributed by atoms with E-state index in [1.54, 1.807) is 18.0 Å². The van der Waals surface area contributed by atoms with Crippen LogP contribution in [0, 0.1) is 5.92 Å². The van der Waals surface area contributed by atoms with Crippen molar-refractivity contribution in [2.45, 2.75) is 30.2 Å². The van der Waals surface area contributed by atoms with E-state index >= 15 is 0 Å². The van der Waals surface area contributed by atoms with Crippen LogP contribution in [0.3, 0.4) is 0 Å². The van der Waals surface area contributed by atoms with Gasteiger partial charge in [-0.25, -0.2) is 0 Å². The van der Waals surface area contributed by atoms with E-state index in [0.29, 0.717) is 25.6 Å². The second kappa shape index (κ2) is 7.95. The van der Waals surface area contributed by atoms with Crippen LogP contribution in [0.5, 0.6) is 0 Å². The predicted octanol–water partition coefficient (Wildman–Crippen LogP) is 3.28. The summed E-state index contributed by atoms with van der Waals surface area (Å²) in [5.74, 6) is 0.641. The molecular weight excluding hydrogens is 370 g/mol. The number of piperazine rings is 1. The summed E-state index contributed by atoms with van der Waals surface area (Å²) >= 11 is 1.59. The third-order valence-electron chi connectivity index (χ3n) is 5.76. The lowest BCUT2D eigenvalue weighted by Gasteiger charge is -2.40. The number of thioether (sulfide) groups is 1. The van der Waals surface area contributed by atoms with Crippen molar-refractivity contribution < 1.29 is 9.59 Å². The Morgan fingerprint density at radius 1 is 1.14 bits per heavy atom. The number of carbonyl (C=O) groups excluding carboxylic acids is 2. The van der Waals surface area contributed by atoms with E-state index in [1.165, 1.54) is 0 Å². The number of amides is 2. The average Bonchev–Trinajstić information content (AvgIpc) is 3.54. The molecule has 28 heavy (non-hydrogen) atoms. The van der Waals surface area contributed by atoms with E-state index in [4.69, 9.17) is 0 Å².